The first-order valence-electron chi connectivity index (χ1n) is 8.37. The Morgan fingerprint density at radius 1 is 0.962 bits per heavy atom. The summed E-state index contributed by atoms with van der Waals surface area (Å²) < 4.78 is 5.78. The predicted molar refractivity (Wildman–Crippen MR) is 101 cm³/mol. The third-order valence-electron chi connectivity index (χ3n) is 4.31. The lowest BCUT2D eigenvalue weighted by Crippen LogP contribution is -2.42. The Hall–Kier alpha value is -3.11. The Labute approximate surface area is 152 Å². The van der Waals surface area contributed by atoms with Gasteiger partial charge in [0, 0.05) is 0 Å². The van der Waals surface area contributed by atoms with Gasteiger partial charge in [0.05, 0.1) is 0 Å². The number of carbonyl (C=O) groups is 1. The van der Waals surface area contributed by atoms with Crippen LogP contribution in [-0.2, 0) is 17.0 Å². The molecule has 3 rings (SSSR count). The van der Waals surface area contributed by atoms with Crippen LogP contribution in [0.5, 0.6) is 5.75 Å². The predicted octanol–water partition coefficient (Wildman–Crippen LogP) is 3.30. The van der Waals surface area contributed by atoms with Crippen molar-refractivity contribution in [3.63, 3.8) is 0 Å². The van der Waals surface area contributed by atoms with Gasteiger partial charge in [0.25, 0.3) is 5.91 Å². The number of ether oxygens (including phenoxy) is 1. The quantitative estimate of drug-likeness (QED) is 0.719. The summed E-state index contributed by atoms with van der Waals surface area (Å²) in [6.07, 6.45) is 0. The monoisotopic (exact) mass is 347 g/mol. The number of benzene rings is 3. The van der Waals surface area contributed by atoms with Gasteiger partial charge in [-0.2, -0.15) is 0 Å². The van der Waals surface area contributed by atoms with Crippen molar-refractivity contribution < 1.29 is 14.6 Å². The van der Waals surface area contributed by atoms with E-state index in [4.69, 9.17) is 10.5 Å². The number of rotatable bonds is 6. The van der Waals surface area contributed by atoms with Gasteiger partial charge in [0.2, 0.25) is 0 Å². The van der Waals surface area contributed by atoms with Gasteiger partial charge in [-0.3, -0.25) is 4.79 Å². The van der Waals surface area contributed by atoms with Crippen molar-refractivity contribution in [2.75, 3.05) is 0 Å². The number of carbonyl (C=O) groups excluding carboxylic acids is 1. The molecule has 132 valence electrons. The van der Waals surface area contributed by atoms with Crippen LogP contribution in [0.4, 0.5) is 0 Å². The van der Waals surface area contributed by atoms with E-state index in [9.17, 15) is 9.90 Å². The van der Waals surface area contributed by atoms with Gasteiger partial charge >= 0.3 is 0 Å². The molecule has 1 amide bonds. The summed E-state index contributed by atoms with van der Waals surface area (Å²) in [7, 11) is 0. The van der Waals surface area contributed by atoms with E-state index in [0.717, 1.165) is 5.56 Å². The zero-order valence-corrected chi connectivity index (χ0v) is 14.6. The van der Waals surface area contributed by atoms with E-state index in [-0.39, 0.29) is 0 Å². The molecule has 1 unspecified atom stereocenters. The zero-order valence-electron chi connectivity index (χ0n) is 14.6. The van der Waals surface area contributed by atoms with Gasteiger partial charge in [-0.05, 0) is 35.7 Å². The minimum atomic E-state index is -1.88. The molecule has 0 radical (unpaired) electrons. The van der Waals surface area contributed by atoms with E-state index >= 15 is 0 Å². The highest BCUT2D eigenvalue weighted by Crippen LogP contribution is 2.30. The SMILES string of the molecule is Cc1cccc(COc2ccc(C(O)(C(N)=O)c3ccccc3)cc2)c1. The Morgan fingerprint density at radius 3 is 2.23 bits per heavy atom. The molecule has 3 aromatic rings. The van der Waals surface area contributed by atoms with Crippen molar-refractivity contribution in [2.45, 2.75) is 19.1 Å². The van der Waals surface area contributed by atoms with E-state index in [2.05, 4.69) is 6.07 Å². The maximum Gasteiger partial charge on any atom is 0.258 e. The first-order valence-corrected chi connectivity index (χ1v) is 8.37. The van der Waals surface area contributed by atoms with Crippen molar-refractivity contribution in [3.8, 4) is 5.75 Å². The number of aryl methyl sites for hydroxylation is 1. The van der Waals surface area contributed by atoms with E-state index < -0.39 is 11.5 Å². The summed E-state index contributed by atoms with van der Waals surface area (Å²) in [5.74, 6) is -0.174. The van der Waals surface area contributed by atoms with Crippen molar-refractivity contribution >= 4 is 5.91 Å². The first-order chi connectivity index (χ1) is 12.5. The van der Waals surface area contributed by atoms with Crippen LogP contribution >= 0.6 is 0 Å². The van der Waals surface area contributed by atoms with Crippen molar-refractivity contribution in [1.29, 1.82) is 0 Å². The second kappa shape index (κ2) is 7.42. The fourth-order valence-electron chi connectivity index (χ4n) is 2.89. The third-order valence-corrected chi connectivity index (χ3v) is 4.31. The molecule has 1 atom stereocenters. The molecule has 0 bridgehead atoms. The fraction of sp³-hybridized carbons (Fsp3) is 0.136. The maximum absolute atomic E-state index is 12.0. The zero-order chi connectivity index (χ0) is 18.6. The summed E-state index contributed by atoms with van der Waals surface area (Å²) in [6.45, 7) is 2.48. The molecular weight excluding hydrogens is 326 g/mol. The van der Waals surface area contributed by atoms with Crippen molar-refractivity contribution in [3.05, 3.63) is 101 Å². The Balaban J connectivity index is 1.80. The van der Waals surface area contributed by atoms with Crippen LogP contribution < -0.4 is 10.5 Å². The number of hydrogen-bond acceptors (Lipinski definition) is 3. The summed E-state index contributed by atoms with van der Waals surface area (Å²) in [5.41, 5.74) is 6.71. The lowest BCUT2D eigenvalue weighted by atomic mass is 9.86. The molecule has 0 aliphatic heterocycles. The van der Waals surface area contributed by atoms with E-state index in [1.807, 2.05) is 31.2 Å². The topological polar surface area (TPSA) is 72.6 Å². The molecule has 26 heavy (non-hydrogen) atoms. The van der Waals surface area contributed by atoms with Gasteiger partial charge in [-0.15, -0.1) is 0 Å². The third kappa shape index (κ3) is 3.60. The van der Waals surface area contributed by atoms with Crippen LogP contribution in [0.15, 0.2) is 78.9 Å². The molecule has 0 fully saturated rings. The molecule has 0 aliphatic carbocycles. The summed E-state index contributed by atoms with van der Waals surface area (Å²) in [4.78, 5) is 12.0. The molecule has 0 aromatic heterocycles. The smallest absolute Gasteiger partial charge is 0.258 e. The number of hydrogen-bond donors (Lipinski definition) is 2. The Bertz CT molecular complexity index is 891. The molecule has 4 heteroatoms. The fourth-order valence-corrected chi connectivity index (χ4v) is 2.89. The van der Waals surface area contributed by atoms with Crippen LogP contribution in [0.2, 0.25) is 0 Å². The summed E-state index contributed by atoms with van der Waals surface area (Å²) >= 11 is 0. The van der Waals surface area contributed by atoms with E-state index in [0.29, 0.717) is 23.5 Å². The minimum absolute atomic E-state index is 0.402. The minimum Gasteiger partial charge on any atom is -0.489 e. The summed E-state index contributed by atoms with van der Waals surface area (Å²) in [5, 5.41) is 10.9. The van der Waals surface area contributed by atoms with Crippen LogP contribution in [0, 0.1) is 6.92 Å². The number of aliphatic hydroxyl groups is 1. The number of nitrogens with two attached hydrogens (primary N) is 1. The molecule has 0 saturated carbocycles. The van der Waals surface area contributed by atoms with E-state index in [1.54, 1.807) is 48.5 Å². The first kappa shape index (κ1) is 17.7. The maximum atomic E-state index is 12.0. The van der Waals surface area contributed by atoms with Crippen LogP contribution in [0.1, 0.15) is 22.3 Å². The van der Waals surface area contributed by atoms with Gasteiger partial charge < -0.3 is 15.6 Å². The molecule has 0 aliphatic rings. The average Bonchev–Trinajstić information content (AvgIpc) is 2.67. The normalized spacial score (nSPS) is 13.0. The highest BCUT2D eigenvalue weighted by molar-refractivity contribution is 5.88. The summed E-state index contributed by atoms with van der Waals surface area (Å²) in [6, 6.07) is 23.5. The molecule has 3 aromatic carbocycles. The van der Waals surface area contributed by atoms with Crippen LogP contribution in [-0.4, -0.2) is 11.0 Å². The lowest BCUT2D eigenvalue weighted by molar-refractivity contribution is -0.133. The molecule has 0 saturated heterocycles. The van der Waals surface area contributed by atoms with Crippen LogP contribution in [0.3, 0.4) is 0 Å². The second-order valence-corrected chi connectivity index (χ2v) is 6.24. The number of amides is 1. The Kier molecular flexibility index (Phi) is 5.05. The molecule has 0 heterocycles. The second-order valence-electron chi connectivity index (χ2n) is 6.24. The Morgan fingerprint density at radius 2 is 1.62 bits per heavy atom. The van der Waals surface area contributed by atoms with Gasteiger partial charge in [-0.1, -0.05) is 72.3 Å². The van der Waals surface area contributed by atoms with Gasteiger partial charge in [-0.25, -0.2) is 0 Å². The molecular formula is C22H21NO3. The standard InChI is InChI=1S/C22H21NO3/c1-16-6-5-7-17(14-16)15-26-20-12-10-19(11-13-20)22(25,21(23)24)18-8-3-2-4-9-18/h2-14,25H,15H2,1H3,(H2,23,24). The number of primary amides is 1. The lowest BCUT2D eigenvalue weighted by Gasteiger charge is -2.25. The highest BCUT2D eigenvalue weighted by Gasteiger charge is 2.37. The largest absolute Gasteiger partial charge is 0.489 e. The average molecular weight is 347 g/mol. The van der Waals surface area contributed by atoms with Crippen LogP contribution in [0.25, 0.3) is 0 Å². The highest BCUT2D eigenvalue weighted by atomic mass is 16.5. The molecule has 0 spiro atoms. The van der Waals surface area contributed by atoms with Crippen molar-refractivity contribution in [2.24, 2.45) is 5.73 Å². The van der Waals surface area contributed by atoms with Gasteiger partial charge in [0.15, 0.2) is 5.60 Å². The molecule has 4 nitrogen and oxygen atoms in total. The van der Waals surface area contributed by atoms with Crippen molar-refractivity contribution in [1.82, 2.24) is 0 Å². The van der Waals surface area contributed by atoms with Gasteiger partial charge in [0.1, 0.15) is 12.4 Å². The molecule has 3 N–H and O–H groups in total. The van der Waals surface area contributed by atoms with E-state index in [1.165, 1.54) is 5.56 Å².